The molecule has 0 aliphatic heterocycles. The van der Waals surface area contributed by atoms with E-state index in [0.29, 0.717) is 24.5 Å². The second-order valence-corrected chi connectivity index (χ2v) is 11.0. The van der Waals surface area contributed by atoms with Crippen molar-refractivity contribution in [1.82, 2.24) is 0 Å². The first-order chi connectivity index (χ1) is 17.6. The van der Waals surface area contributed by atoms with Gasteiger partial charge in [0.2, 0.25) is 0 Å². The molecule has 4 saturated carbocycles. The van der Waals surface area contributed by atoms with Gasteiger partial charge in [-0.2, -0.15) is 0 Å². The van der Waals surface area contributed by atoms with Crippen LogP contribution in [0.4, 0.5) is 0 Å². The molecular weight excluding hydrogens is 452 g/mol. The first-order valence-electron chi connectivity index (χ1n) is 13.2. The quantitative estimate of drug-likeness (QED) is 0.149. The summed E-state index contributed by atoms with van der Waals surface area (Å²) in [5.74, 6) is 3.63. The van der Waals surface area contributed by atoms with Crippen molar-refractivity contribution >= 4 is 16.7 Å². The van der Waals surface area contributed by atoms with Crippen LogP contribution in [-0.4, -0.2) is 33.1 Å². The number of ether oxygens (including phenoxy) is 4. The van der Waals surface area contributed by atoms with E-state index in [9.17, 15) is 4.79 Å². The Balaban J connectivity index is 1.33. The van der Waals surface area contributed by atoms with E-state index in [1.165, 1.54) is 44.1 Å². The zero-order valence-corrected chi connectivity index (χ0v) is 20.9. The molecule has 188 valence electrons. The van der Waals surface area contributed by atoms with E-state index >= 15 is 0 Å². The first kappa shape index (κ1) is 23.5. The SMILES string of the molecule is COCCOCOc1cc2ccc(OC(=O)c3ccccc3)cc2cc1C12CC3CC(CC(C3)C1)C2. The third kappa shape index (κ3) is 4.62. The van der Waals surface area contributed by atoms with Crippen molar-refractivity contribution in [3.63, 3.8) is 0 Å². The van der Waals surface area contributed by atoms with E-state index in [-0.39, 0.29) is 18.2 Å². The van der Waals surface area contributed by atoms with Gasteiger partial charge in [0.25, 0.3) is 0 Å². The van der Waals surface area contributed by atoms with Crippen molar-refractivity contribution in [2.45, 2.75) is 43.9 Å². The molecular formula is C31H34O5. The number of carbonyl (C=O) groups is 1. The molecule has 5 nitrogen and oxygen atoms in total. The minimum Gasteiger partial charge on any atom is -0.467 e. The molecule has 0 heterocycles. The number of rotatable bonds is 9. The van der Waals surface area contributed by atoms with Crippen molar-refractivity contribution in [3.8, 4) is 11.5 Å². The second kappa shape index (κ2) is 9.87. The van der Waals surface area contributed by atoms with Crippen molar-refractivity contribution in [3.05, 3.63) is 71.8 Å². The maximum atomic E-state index is 12.6. The van der Waals surface area contributed by atoms with Gasteiger partial charge in [-0.15, -0.1) is 0 Å². The lowest BCUT2D eigenvalue weighted by Crippen LogP contribution is -2.48. The van der Waals surface area contributed by atoms with Crippen LogP contribution < -0.4 is 9.47 Å². The van der Waals surface area contributed by atoms with Gasteiger partial charge < -0.3 is 18.9 Å². The number of carbonyl (C=O) groups excluding carboxylic acids is 1. The van der Waals surface area contributed by atoms with Crippen LogP contribution in [0.5, 0.6) is 11.5 Å². The number of esters is 1. The van der Waals surface area contributed by atoms with E-state index in [1.807, 2.05) is 36.4 Å². The Morgan fingerprint density at radius 3 is 2.28 bits per heavy atom. The smallest absolute Gasteiger partial charge is 0.343 e. The number of benzene rings is 3. The van der Waals surface area contributed by atoms with Crippen LogP contribution in [0, 0.1) is 17.8 Å². The summed E-state index contributed by atoms with van der Waals surface area (Å²) in [6.07, 6.45) is 7.91. The molecule has 4 aliphatic carbocycles. The van der Waals surface area contributed by atoms with Gasteiger partial charge in [-0.1, -0.05) is 24.3 Å². The van der Waals surface area contributed by atoms with E-state index in [4.69, 9.17) is 18.9 Å². The summed E-state index contributed by atoms with van der Waals surface area (Å²) in [6.45, 7) is 1.27. The van der Waals surface area contributed by atoms with Crippen LogP contribution in [0.2, 0.25) is 0 Å². The van der Waals surface area contributed by atoms with Gasteiger partial charge in [0.05, 0.1) is 18.8 Å². The fourth-order valence-electron chi connectivity index (χ4n) is 7.34. The molecule has 0 spiro atoms. The zero-order valence-electron chi connectivity index (χ0n) is 20.9. The number of methoxy groups -OCH3 is 1. The highest BCUT2D eigenvalue weighted by Crippen LogP contribution is 2.62. The minimum absolute atomic E-state index is 0.168. The third-order valence-corrected chi connectivity index (χ3v) is 8.47. The summed E-state index contributed by atoms with van der Waals surface area (Å²) in [4.78, 5) is 12.6. The Hall–Kier alpha value is -2.89. The topological polar surface area (TPSA) is 54.0 Å². The highest BCUT2D eigenvalue weighted by atomic mass is 16.7. The highest BCUT2D eigenvalue weighted by molar-refractivity contribution is 5.92. The number of fused-ring (bicyclic) bond motifs is 1. The van der Waals surface area contributed by atoms with Gasteiger partial charge in [-0.3, -0.25) is 0 Å². The molecule has 0 aromatic heterocycles. The largest absolute Gasteiger partial charge is 0.467 e. The van der Waals surface area contributed by atoms with Gasteiger partial charge in [-0.25, -0.2) is 4.79 Å². The Kier molecular flexibility index (Phi) is 6.44. The fraction of sp³-hybridized carbons (Fsp3) is 0.452. The molecule has 4 fully saturated rings. The van der Waals surface area contributed by atoms with Gasteiger partial charge in [0.15, 0.2) is 6.79 Å². The van der Waals surface area contributed by atoms with Crippen molar-refractivity contribution in [2.75, 3.05) is 27.1 Å². The molecule has 0 N–H and O–H groups in total. The molecule has 0 radical (unpaired) electrons. The summed E-state index contributed by atoms with van der Waals surface area (Å²) < 4.78 is 22.8. The Morgan fingerprint density at radius 1 is 0.861 bits per heavy atom. The number of hydrogen-bond acceptors (Lipinski definition) is 5. The molecule has 0 unspecified atom stereocenters. The van der Waals surface area contributed by atoms with Crippen LogP contribution in [-0.2, 0) is 14.9 Å². The van der Waals surface area contributed by atoms with E-state index in [2.05, 4.69) is 12.1 Å². The molecule has 36 heavy (non-hydrogen) atoms. The highest BCUT2D eigenvalue weighted by Gasteiger charge is 2.52. The lowest BCUT2D eigenvalue weighted by Gasteiger charge is -2.57. The second-order valence-electron chi connectivity index (χ2n) is 11.0. The molecule has 5 heteroatoms. The monoisotopic (exact) mass is 486 g/mol. The van der Waals surface area contributed by atoms with Gasteiger partial charge in [0.1, 0.15) is 11.5 Å². The predicted octanol–water partition coefficient (Wildman–Crippen LogP) is 6.53. The molecule has 0 atom stereocenters. The van der Waals surface area contributed by atoms with Crippen LogP contribution in [0.25, 0.3) is 10.8 Å². The molecule has 0 saturated heterocycles. The summed E-state index contributed by atoms with van der Waals surface area (Å²) in [7, 11) is 1.67. The van der Waals surface area contributed by atoms with Crippen molar-refractivity contribution in [2.24, 2.45) is 17.8 Å². The lowest BCUT2D eigenvalue weighted by atomic mass is 9.48. The van der Waals surface area contributed by atoms with Gasteiger partial charge in [-0.05, 0) is 109 Å². The Bertz CT molecular complexity index is 1200. The van der Waals surface area contributed by atoms with Crippen molar-refractivity contribution in [1.29, 1.82) is 0 Å². The molecule has 3 aromatic rings. The normalized spacial score (nSPS) is 26.3. The summed E-state index contributed by atoms with van der Waals surface area (Å²) >= 11 is 0. The van der Waals surface area contributed by atoms with Crippen LogP contribution in [0.3, 0.4) is 0 Å². The van der Waals surface area contributed by atoms with Crippen LogP contribution >= 0.6 is 0 Å². The molecule has 4 aliphatic rings. The summed E-state index contributed by atoms with van der Waals surface area (Å²) in [6, 6.07) is 19.4. The van der Waals surface area contributed by atoms with E-state index < -0.39 is 0 Å². The third-order valence-electron chi connectivity index (χ3n) is 8.47. The van der Waals surface area contributed by atoms with Crippen molar-refractivity contribution < 1.29 is 23.7 Å². The molecule has 4 bridgehead atoms. The maximum Gasteiger partial charge on any atom is 0.343 e. The lowest BCUT2D eigenvalue weighted by molar-refractivity contribution is -0.0188. The summed E-state index contributed by atoms with van der Waals surface area (Å²) in [5.41, 5.74) is 2.02. The standard InChI is InChI=1S/C31H34O5/c1-33-9-10-34-20-35-29-16-25-7-8-27(36-30(32)24-5-3-2-4-6-24)14-26(25)15-28(29)31-17-21-11-22(18-31)13-23(12-21)19-31/h2-8,14-16,21-23H,9-13,17-20H2,1H3. The Morgan fingerprint density at radius 2 is 1.58 bits per heavy atom. The first-order valence-corrected chi connectivity index (χ1v) is 13.2. The van der Waals surface area contributed by atoms with Gasteiger partial charge in [0, 0.05) is 12.7 Å². The fourth-order valence-corrected chi connectivity index (χ4v) is 7.34. The van der Waals surface area contributed by atoms with Crippen LogP contribution in [0.1, 0.15) is 54.4 Å². The molecule has 7 rings (SSSR count). The average molecular weight is 487 g/mol. The molecule has 0 amide bonds. The predicted molar refractivity (Wildman–Crippen MR) is 139 cm³/mol. The average Bonchev–Trinajstić information content (AvgIpc) is 2.88. The van der Waals surface area contributed by atoms with E-state index in [0.717, 1.165) is 34.3 Å². The molecule has 3 aromatic carbocycles. The van der Waals surface area contributed by atoms with E-state index in [1.54, 1.807) is 19.2 Å². The summed E-state index contributed by atoms with van der Waals surface area (Å²) in [5, 5.41) is 2.14. The van der Waals surface area contributed by atoms with Crippen LogP contribution in [0.15, 0.2) is 60.7 Å². The number of hydrogen-bond donors (Lipinski definition) is 0. The minimum atomic E-state index is -0.343. The maximum absolute atomic E-state index is 12.6. The zero-order chi connectivity index (χ0) is 24.5. The Labute approximate surface area is 212 Å². The van der Waals surface area contributed by atoms with Gasteiger partial charge >= 0.3 is 5.97 Å².